The van der Waals surface area contributed by atoms with Crippen LogP contribution in [0.25, 0.3) is 0 Å². The van der Waals surface area contributed by atoms with Crippen molar-refractivity contribution in [1.82, 2.24) is 9.97 Å². The minimum absolute atomic E-state index is 0.112. The highest BCUT2D eigenvalue weighted by Gasteiger charge is 2.35. The first-order chi connectivity index (χ1) is 9.21. The minimum Gasteiger partial charge on any atom is -0.367 e. The van der Waals surface area contributed by atoms with Crippen LogP contribution in [0.1, 0.15) is 65.9 Å². The van der Waals surface area contributed by atoms with Crippen LogP contribution in [0.15, 0.2) is 4.47 Å². The number of rotatable bonds is 5. The Morgan fingerprint density at radius 1 is 1.10 bits per heavy atom. The number of ether oxygens (including phenoxy) is 1. The first-order valence-electron chi connectivity index (χ1n) is 7.09. The first-order valence-corrected chi connectivity index (χ1v) is 8.26. The van der Waals surface area contributed by atoms with Crippen LogP contribution >= 0.6 is 27.5 Å². The molecule has 5 heteroatoms. The topological polar surface area (TPSA) is 35.0 Å². The van der Waals surface area contributed by atoms with E-state index in [1.807, 2.05) is 6.92 Å². The Morgan fingerprint density at radius 2 is 1.65 bits per heavy atom. The van der Waals surface area contributed by atoms with E-state index in [0.29, 0.717) is 17.6 Å². The molecule has 0 amide bonds. The van der Waals surface area contributed by atoms with E-state index < -0.39 is 5.60 Å². The molecule has 0 N–H and O–H groups in total. The Labute approximate surface area is 135 Å². The molecule has 114 valence electrons. The maximum absolute atomic E-state index is 6.29. The van der Waals surface area contributed by atoms with E-state index in [1.165, 1.54) is 0 Å². The molecule has 1 rings (SSSR count). The molecule has 0 fully saturated rings. The quantitative estimate of drug-likeness (QED) is 0.671. The Kier molecular flexibility index (Phi) is 6.00. The minimum atomic E-state index is -0.459. The Balaban J connectivity index is 3.49. The monoisotopic (exact) mass is 362 g/mol. The highest BCUT2D eigenvalue weighted by molar-refractivity contribution is 9.10. The molecule has 0 unspecified atom stereocenters. The standard InChI is InChI=1S/C15H24BrClN2O/c1-7-15(8-2,20-9-3)13-18-11(14(4,5)6)10(16)12(17)19-13/h7-9H2,1-6H3. The summed E-state index contributed by atoms with van der Waals surface area (Å²) in [5.74, 6) is 0.683. The molecule has 1 aromatic heterocycles. The zero-order valence-electron chi connectivity index (χ0n) is 13.2. The van der Waals surface area contributed by atoms with E-state index in [-0.39, 0.29) is 5.41 Å². The third kappa shape index (κ3) is 3.52. The van der Waals surface area contributed by atoms with Gasteiger partial charge in [-0.05, 0) is 35.7 Å². The molecule has 0 saturated carbocycles. The van der Waals surface area contributed by atoms with Gasteiger partial charge < -0.3 is 4.74 Å². The van der Waals surface area contributed by atoms with Gasteiger partial charge >= 0.3 is 0 Å². The summed E-state index contributed by atoms with van der Waals surface area (Å²) in [5, 5.41) is 0.450. The molecule has 20 heavy (non-hydrogen) atoms. The summed E-state index contributed by atoms with van der Waals surface area (Å²) in [7, 11) is 0. The van der Waals surface area contributed by atoms with Gasteiger partial charge in [0.1, 0.15) is 10.8 Å². The van der Waals surface area contributed by atoms with Crippen molar-refractivity contribution in [3.63, 3.8) is 0 Å². The summed E-state index contributed by atoms with van der Waals surface area (Å²) in [5.41, 5.74) is 0.345. The van der Waals surface area contributed by atoms with E-state index >= 15 is 0 Å². The van der Waals surface area contributed by atoms with Crippen LogP contribution in [0.4, 0.5) is 0 Å². The van der Waals surface area contributed by atoms with Crippen molar-refractivity contribution < 1.29 is 4.74 Å². The van der Waals surface area contributed by atoms with E-state index in [4.69, 9.17) is 21.3 Å². The van der Waals surface area contributed by atoms with Gasteiger partial charge in [-0.3, -0.25) is 0 Å². The van der Waals surface area contributed by atoms with Crippen molar-refractivity contribution in [3.8, 4) is 0 Å². The lowest BCUT2D eigenvalue weighted by Crippen LogP contribution is -2.32. The highest BCUT2D eigenvalue weighted by Crippen LogP contribution is 2.37. The van der Waals surface area contributed by atoms with Crippen LogP contribution in [0, 0.1) is 0 Å². The molecule has 3 nitrogen and oxygen atoms in total. The lowest BCUT2D eigenvalue weighted by atomic mass is 9.90. The van der Waals surface area contributed by atoms with Crippen LogP contribution < -0.4 is 0 Å². The van der Waals surface area contributed by atoms with Crippen LogP contribution in [0.3, 0.4) is 0 Å². The van der Waals surface area contributed by atoms with Gasteiger partial charge in [-0.2, -0.15) is 0 Å². The molecule has 0 aromatic carbocycles. The molecule has 0 aliphatic carbocycles. The Hall–Kier alpha value is -0.190. The van der Waals surface area contributed by atoms with Gasteiger partial charge in [-0.25, -0.2) is 9.97 Å². The number of nitrogens with zero attached hydrogens (tertiary/aromatic N) is 2. The number of aromatic nitrogens is 2. The second kappa shape index (κ2) is 6.71. The van der Waals surface area contributed by atoms with E-state index in [1.54, 1.807) is 0 Å². The largest absolute Gasteiger partial charge is 0.367 e. The van der Waals surface area contributed by atoms with Crippen molar-refractivity contribution >= 4 is 27.5 Å². The highest BCUT2D eigenvalue weighted by atomic mass is 79.9. The molecule has 0 aliphatic heterocycles. The fourth-order valence-corrected chi connectivity index (χ4v) is 3.17. The van der Waals surface area contributed by atoms with Gasteiger partial charge in [0.25, 0.3) is 0 Å². The van der Waals surface area contributed by atoms with E-state index in [2.05, 4.69) is 55.5 Å². The van der Waals surface area contributed by atoms with Gasteiger partial charge in [0, 0.05) is 12.0 Å². The maximum atomic E-state index is 6.29. The molecule has 0 atom stereocenters. The zero-order chi connectivity index (χ0) is 15.6. The van der Waals surface area contributed by atoms with E-state index in [9.17, 15) is 0 Å². The smallest absolute Gasteiger partial charge is 0.162 e. The summed E-state index contributed by atoms with van der Waals surface area (Å²) in [6.45, 7) is 13.1. The second-order valence-corrected chi connectivity index (χ2v) is 7.04. The SMILES string of the molecule is CCOC(CC)(CC)c1nc(Cl)c(Br)c(C(C)(C)C)n1. The zero-order valence-corrected chi connectivity index (χ0v) is 15.5. The molecule has 1 aromatic rings. The first kappa shape index (κ1) is 17.9. The third-order valence-corrected chi connectivity index (χ3v) is 4.74. The Morgan fingerprint density at radius 3 is 2.05 bits per heavy atom. The van der Waals surface area contributed by atoms with Gasteiger partial charge in [0.2, 0.25) is 0 Å². The number of halogens is 2. The van der Waals surface area contributed by atoms with E-state index in [0.717, 1.165) is 23.0 Å². The normalized spacial score (nSPS) is 12.8. The summed E-state index contributed by atoms with van der Waals surface area (Å²) >= 11 is 9.79. The summed E-state index contributed by atoms with van der Waals surface area (Å²) < 4.78 is 6.75. The van der Waals surface area contributed by atoms with Crippen molar-refractivity contribution in [2.24, 2.45) is 0 Å². The van der Waals surface area contributed by atoms with Gasteiger partial charge in [-0.1, -0.05) is 46.2 Å². The maximum Gasteiger partial charge on any atom is 0.162 e. The van der Waals surface area contributed by atoms with Crippen LogP contribution in [-0.2, 0) is 15.8 Å². The van der Waals surface area contributed by atoms with Crippen molar-refractivity contribution in [2.45, 2.75) is 65.4 Å². The number of hydrogen-bond acceptors (Lipinski definition) is 3. The molecule has 0 spiro atoms. The Bertz CT molecular complexity index is 468. The second-order valence-electron chi connectivity index (χ2n) is 5.89. The van der Waals surface area contributed by atoms with Crippen LogP contribution in [0.2, 0.25) is 5.15 Å². The molecular weight excluding hydrogens is 340 g/mol. The predicted molar refractivity (Wildman–Crippen MR) is 87.3 cm³/mol. The van der Waals surface area contributed by atoms with Gasteiger partial charge in [0.15, 0.2) is 5.82 Å². The molecule has 0 radical (unpaired) electrons. The fourth-order valence-electron chi connectivity index (χ4n) is 2.23. The van der Waals surface area contributed by atoms with Crippen molar-refractivity contribution in [2.75, 3.05) is 6.61 Å². The number of hydrogen-bond donors (Lipinski definition) is 0. The van der Waals surface area contributed by atoms with Crippen molar-refractivity contribution in [1.29, 1.82) is 0 Å². The van der Waals surface area contributed by atoms with Crippen molar-refractivity contribution in [3.05, 3.63) is 21.1 Å². The fraction of sp³-hybridized carbons (Fsp3) is 0.733. The summed E-state index contributed by atoms with van der Waals surface area (Å²) in [6.07, 6.45) is 1.64. The molecule has 0 aliphatic rings. The molecular formula is C15H24BrClN2O. The molecule has 0 bridgehead atoms. The van der Waals surface area contributed by atoms with Crippen LogP contribution in [0.5, 0.6) is 0 Å². The molecule has 1 heterocycles. The van der Waals surface area contributed by atoms with Gasteiger partial charge in [0.05, 0.1) is 10.2 Å². The summed E-state index contributed by atoms with van der Waals surface area (Å²) in [6, 6.07) is 0. The average Bonchev–Trinajstić information content (AvgIpc) is 2.38. The average molecular weight is 364 g/mol. The predicted octanol–water partition coefficient (Wildman–Crippen LogP) is 5.24. The van der Waals surface area contributed by atoms with Gasteiger partial charge in [-0.15, -0.1) is 0 Å². The third-order valence-electron chi connectivity index (χ3n) is 3.49. The molecule has 0 saturated heterocycles. The van der Waals surface area contributed by atoms with Crippen LogP contribution in [-0.4, -0.2) is 16.6 Å². The lowest BCUT2D eigenvalue weighted by Gasteiger charge is -2.31. The summed E-state index contributed by atoms with van der Waals surface area (Å²) in [4.78, 5) is 9.23. The lowest BCUT2D eigenvalue weighted by molar-refractivity contribution is -0.0574.